The number of rotatable bonds is 4. The summed E-state index contributed by atoms with van der Waals surface area (Å²) in [7, 11) is 0. The van der Waals surface area contributed by atoms with Crippen molar-refractivity contribution >= 4 is 29.0 Å². The molecule has 2 aromatic carbocycles. The van der Waals surface area contributed by atoms with Gasteiger partial charge in [0.05, 0.1) is 11.3 Å². The van der Waals surface area contributed by atoms with Gasteiger partial charge in [0.25, 0.3) is 0 Å². The summed E-state index contributed by atoms with van der Waals surface area (Å²) >= 11 is 5.98. The van der Waals surface area contributed by atoms with Crippen LogP contribution in [0.5, 0.6) is 0 Å². The molecule has 1 N–H and O–H groups in total. The van der Waals surface area contributed by atoms with E-state index in [0.29, 0.717) is 29.4 Å². The summed E-state index contributed by atoms with van der Waals surface area (Å²) in [6, 6.07) is 15.9. The molecular formula is C22H20ClN3O. The number of halogens is 1. The van der Waals surface area contributed by atoms with Crippen molar-refractivity contribution in [1.29, 1.82) is 0 Å². The maximum Gasteiger partial charge on any atom is 0.227 e. The van der Waals surface area contributed by atoms with Gasteiger partial charge in [-0.3, -0.25) is 4.79 Å². The van der Waals surface area contributed by atoms with Crippen molar-refractivity contribution in [2.24, 2.45) is 0 Å². The van der Waals surface area contributed by atoms with E-state index in [-0.39, 0.29) is 11.7 Å². The Labute approximate surface area is 163 Å². The maximum atomic E-state index is 12.5. The van der Waals surface area contributed by atoms with Crippen molar-refractivity contribution in [2.75, 3.05) is 5.32 Å². The molecular weight excluding hydrogens is 358 g/mol. The number of carbonyl (C=O) groups excluding carboxylic acids is 1. The minimum atomic E-state index is 0.0926. The minimum Gasteiger partial charge on any atom is -0.324 e. The van der Waals surface area contributed by atoms with Crippen LogP contribution in [0.25, 0.3) is 0 Å². The van der Waals surface area contributed by atoms with E-state index in [0.717, 1.165) is 23.4 Å². The van der Waals surface area contributed by atoms with Gasteiger partial charge in [-0.2, -0.15) is 0 Å². The fourth-order valence-electron chi connectivity index (χ4n) is 3.43. The van der Waals surface area contributed by atoms with E-state index in [1.54, 1.807) is 6.20 Å². The molecule has 0 saturated heterocycles. The topological polar surface area (TPSA) is 54.9 Å². The first-order chi connectivity index (χ1) is 13.1. The molecule has 0 spiro atoms. The highest BCUT2D eigenvalue weighted by Crippen LogP contribution is 2.32. The van der Waals surface area contributed by atoms with E-state index >= 15 is 0 Å². The third-order valence-corrected chi connectivity index (χ3v) is 5.25. The number of carbonyl (C=O) groups is 1. The van der Waals surface area contributed by atoms with Gasteiger partial charge in [-0.1, -0.05) is 42.8 Å². The van der Waals surface area contributed by atoms with Crippen LogP contribution in [0.2, 0.25) is 5.02 Å². The number of fused-ring (bicyclic) bond motifs is 1. The van der Waals surface area contributed by atoms with Gasteiger partial charge < -0.3 is 5.32 Å². The molecule has 0 bridgehead atoms. The molecule has 1 aliphatic carbocycles. The highest BCUT2D eigenvalue weighted by molar-refractivity contribution is 6.30. The van der Waals surface area contributed by atoms with E-state index in [1.165, 1.54) is 5.56 Å². The van der Waals surface area contributed by atoms with E-state index < -0.39 is 0 Å². The highest BCUT2D eigenvalue weighted by Gasteiger charge is 2.28. The summed E-state index contributed by atoms with van der Waals surface area (Å²) in [4.78, 5) is 21.5. The van der Waals surface area contributed by atoms with Gasteiger partial charge in [0.2, 0.25) is 5.95 Å². The largest absolute Gasteiger partial charge is 0.324 e. The second-order valence-corrected chi connectivity index (χ2v) is 7.25. The van der Waals surface area contributed by atoms with E-state index in [9.17, 15) is 4.79 Å². The van der Waals surface area contributed by atoms with Crippen LogP contribution in [0.1, 0.15) is 46.4 Å². The van der Waals surface area contributed by atoms with Crippen molar-refractivity contribution in [3.05, 3.63) is 82.1 Å². The molecule has 4 rings (SSSR count). The number of anilines is 2. The van der Waals surface area contributed by atoms with E-state index in [1.807, 2.05) is 36.4 Å². The number of Topliss-reactive ketones (excluding diaryl/α,β-unsaturated/α-hetero) is 1. The molecule has 0 saturated carbocycles. The normalized spacial score (nSPS) is 16.1. The van der Waals surface area contributed by atoms with Gasteiger partial charge in [0.1, 0.15) is 0 Å². The fraction of sp³-hybridized carbons (Fsp3) is 0.227. The fourth-order valence-corrected chi connectivity index (χ4v) is 3.55. The van der Waals surface area contributed by atoms with E-state index in [4.69, 9.17) is 11.6 Å². The number of nitrogens with zero attached hydrogens (tertiary/aromatic N) is 2. The van der Waals surface area contributed by atoms with Crippen LogP contribution >= 0.6 is 11.6 Å². The Morgan fingerprint density at radius 1 is 1.07 bits per heavy atom. The molecule has 1 aliphatic rings. The SMILES string of the molecule is CCc1ccc(Nc2ncc3c(n2)C[C@H](c2ccc(Cl)cc2)CC3=O)cc1. The zero-order valence-corrected chi connectivity index (χ0v) is 15.8. The van der Waals surface area contributed by atoms with Gasteiger partial charge in [0, 0.05) is 23.3 Å². The number of ketones is 1. The quantitative estimate of drug-likeness (QED) is 0.666. The van der Waals surface area contributed by atoms with Crippen LogP contribution < -0.4 is 5.32 Å². The molecule has 1 atom stereocenters. The molecule has 3 aromatic rings. The zero-order valence-electron chi connectivity index (χ0n) is 15.1. The Hall–Kier alpha value is -2.72. The molecule has 136 valence electrons. The first-order valence-corrected chi connectivity index (χ1v) is 9.50. The third kappa shape index (κ3) is 3.86. The lowest BCUT2D eigenvalue weighted by atomic mass is 9.82. The average molecular weight is 378 g/mol. The maximum absolute atomic E-state index is 12.5. The van der Waals surface area contributed by atoms with Crippen LogP contribution in [0.15, 0.2) is 54.7 Å². The van der Waals surface area contributed by atoms with Crippen LogP contribution in [0, 0.1) is 0 Å². The first-order valence-electron chi connectivity index (χ1n) is 9.13. The summed E-state index contributed by atoms with van der Waals surface area (Å²) in [6.45, 7) is 2.13. The van der Waals surface area contributed by atoms with Crippen LogP contribution in [-0.2, 0) is 12.8 Å². The monoisotopic (exact) mass is 377 g/mol. The molecule has 0 aliphatic heterocycles. The number of nitrogens with one attached hydrogen (secondary N) is 1. The second kappa shape index (κ2) is 7.49. The number of benzene rings is 2. The predicted octanol–water partition coefficient (Wildman–Crippen LogP) is 5.35. The predicted molar refractivity (Wildman–Crippen MR) is 108 cm³/mol. The van der Waals surface area contributed by atoms with Crippen molar-refractivity contribution in [3.8, 4) is 0 Å². The molecule has 0 amide bonds. The Morgan fingerprint density at radius 3 is 2.52 bits per heavy atom. The van der Waals surface area contributed by atoms with Gasteiger partial charge >= 0.3 is 0 Å². The molecule has 5 heteroatoms. The van der Waals surface area contributed by atoms with Crippen molar-refractivity contribution in [1.82, 2.24) is 9.97 Å². The molecule has 0 radical (unpaired) electrons. The van der Waals surface area contributed by atoms with E-state index in [2.05, 4.69) is 34.3 Å². The van der Waals surface area contributed by atoms with Gasteiger partial charge in [-0.25, -0.2) is 9.97 Å². The summed E-state index contributed by atoms with van der Waals surface area (Å²) in [5.41, 5.74) is 4.76. The second-order valence-electron chi connectivity index (χ2n) is 6.81. The Morgan fingerprint density at radius 2 is 1.81 bits per heavy atom. The molecule has 0 unspecified atom stereocenters. The average Bonchev–Trinajstić information content (AvgIpc) is 2.69. The molecule has 1 heterocycles. The van der Waals surface area contributed by atoms with Gasteiger partial charge in [-0.15, -0.1) is 0 Å². The first kappa shape index (κ1) is 17.7. The van der Waals surface area contributed by atoms with Crippen LogP contribution in [0.4, 0.5) is 11.6 Å². The third-order valence-electron chi connectivity index (χ3n) is 5.00. The minimum absolute atomic E-state index is 0.0926. The lowest BCUT2D eigenvalue weighted by molar-refractivity contribution is 0.0962. The van der Waals surface area contributed by atoms with Crippen LogP contribution in [-0.4, -0.2) is 15.8 Å². The molecule has 4 nitrogen and oxygen atoms in total. The molecule has 1 aromatic heterocycles. The summed E-state index contributed by atoms with van der Waals surface area (Å²) in [5.74, 6) is 0.728. The number of aromatic nitrogens is 2. The Balaban J connectivity index is 1.57. The Bertz CT molecular complexity index is 968. The summed E-state index contributed by atoms with van der Waals surface area (Å²) < 4.78 is 0. The van der Waals surface area contributed by atoms with Crippen LogP contribution in [0.3, 0.4) is 0 Å². The zero-order chi connectivity index (χ0) is 18.8. The summed E-state index contributed by atoms with van der Waals surface area (Å²) in [6.07, 6.45) is 3.84. The summed E-state index contributed by atoms with van der Waals surface area (Å²) in [5, 5.41) is 3.93. The molecule has 27 heavy (non-hydrogen) atoms. The standard InChI is InChI=1S/C22H20ClN3O/c1-2-14-3-9-18(10-4-14)25-22-24-13-19-20(26-22)11-16(12-21(19)27)15-5-7-17(23)8-6-15/h3-10,13,16H,2,11-12H2,1H3,(H,24,25,26)/t16-/m0/s1. The number of aryl methyl sites for hydroxylation is 1. The van der Waals surface area contributed by atoms with Crippen molar-refractivity contribution in [3.63, 3.8) is 0 Å². The van der Waals surface area contributed by atoms with Crippen molar-refractivity contribution < 1.29 is 4.79 Å². The Kier molecular flexibility index (Phi) is 4.90. The van der Waals surface area contributed by atoms with Gasteiger partial charge in [-0.05, 0) is 54.2 Å². The van der Waals surface area contributed by atoms with Crippen molar-refractivity contribution in [2.45, 2.75) is 32.1 Å². The molecule has 0 fully saturated rings. The highest BCUT2D eigenvalue weighted by atomic mass is 35.5. The van der Waals surface area contributed by atoms with Gasteiger partial charge in [0.15, 0.2) is 5.78 Å². The number of hydrogen-bond acceptors (Lipinski definition) is 4. The smallest absolute Gasteiger partial charge is 0.227 e. The number of hydrogen-bond donors (Lipinski definition) is 1. The lowest BCUT2D eigenvalue weighted by Gasteiger charge is -2.23. The lowest BCUT2D eigenvalue weighted by Crippen LogP contribution is -2.21.